The highest BCUT2D eigenvalue weighted by atomic mass is 32.2. The van der Waals surface area contributed by atoms with Crippen molar-refractivity contribution in [2.45, 2.75) is 38.9 Å². The van der Waals surface area contributed by atoms with Crippen LogP contribution in [0.5, 0.6) is 0 Å². The Bertz CT molecular complexity index is 294. The van der Waals surface area contributed by atoms with Crippen LogP contribution in [0.1, 0.15) is 33.6 Å². The van der Waals surface area contributed by atoms with Crippen molar-refractivity contribution in [3.8, 4) is 6.07 Å². The van der Waals surface area contributed by atoms with Gasteiger partial charge in [-0.3, -0.25) is 9.00 Å². The topological polar surface area (TPSA) is 78.2 Å². The quantitative estimate of drug-likeness (QED) is 0.752. The molecule has 0 spiro atoms. The minimum Gasteiger partial charge on any atom is -0.480 e. The Kier molecular flexibility index (Phi) is 5.51. The average Bonchev–Trinajstić information content (AvgIpc) is 2.16. The van der Waals surface area contributed by atoms with E-state index in [-0.39, 0.29) is 0 Å². The first-order valence-electron chi connectivity index (χ1n) is 4.81. The van der Waals surface area contributed by atoms with Gasteiger partial charge < -0.3 is 5.11 Å². The third-order valence-electron chi connectivity index (χ3n) is 2.19. The van der Waals surface area contributed by atoms with Crippen LogP contribution in [0.25, 0.3) is 0 Å². The van der Waals surface area contributed by atoms with Gasteiger partial charge >= 0.3 is 5.97 Å². The van der Waals surface area contributed by atoms with E-state index in [1.165, 1.54) is 6.92 Å². The number of nitriles is 1. The molecule has 86 valence electrons. The Hall–Kier alpha value is -0.890. The summed E-state index contributed by atoms with van der Waals surface area (Å²) >= 11 is 0. The number of carboxylic acid groups (broad SMARTS) is 1. The highest BCUT2D eigenvalue weighted by Gasteiger charge is 2.21. The Morgan fingerprint density at radius 3 is 2.53 bits per heavy atom. The van der Waals surface area contributed by atoms with Gasteiger partial charge in [0.2, 0.25) is 0 Å². The number of nitrogens with zero attached hydrogens (tertiary/aromatic N) is 1. The maximum Gasteiger partial charge on any atom is 0.318 e. The molecule has 15 heavy (non-hydrogen) atoms. The zero-order valence-electron chi connectivity index (χ0n) is 9.32. The minimum atomic E-state index is -1.34. The molecule has 0 aliphatic heterocycles. The summed E-state index contributed by atoms with van der Waals surface area (Å²) in [7, 11) is -1.34. The number of rotatable bonds is 6. The predicted molar refractivity (Wildman–Crippen MR) is 58.7 cm³/mol. The van der Waals surface area contributed by atoms with Crippen molar-refractivity contribution in [3.05, 3.63) is 0 Å². The maximum absolute atomic E-state index is 11.4. The molecule has 0 bridgehead atoms. The van der Waals surface area contributed by atoms with E-state index in [0.717, 1.165) is 0 Å². The van der Waals surface area contributed by atoms with Crippen LogP contribution in [-0.4, -0.2) is 26.3 Å². The second kappa shape index (κ2) is 5.86. The molecule has 0 amide bonds. The molecule has 0 aromatic carbocycles. The van der Waals surface area contributed by atoms with Crippen LogP contribution >= 0.6 is 0 Å². The summed E-state index contributed by atoms with van der Waals surface area (Å²) in [6.07, 6.45) is 1.26. The fourth-order valence-electron chi connectivity index (χ4n) is 1.00. The van der Waals surface area contributed by atoms with E-state index in [1.54, 1.807) is 0 Å². The molecule has 0 heterocycles. The number of hydrogen-bond donors (Lipinski definition) is 1. The summed E-state index contributed by atoms with van der Waals surface area (Å²) in [4.78, 5) is 10.5. The summed E-state index contributed by atoms with van der Waals surface area (Å²) in [6, 6.07) is 2.15. The van der Waals surface area contributed by atoms with E-state index in [2.05, 4.69) is 6.07 Å². The van der Waals surface area contributed by atoms with Gasteiger partial charge in [0.1, 0.15) is 5.25 Å². The van der Waals surface area contributed by atoms with Crippen molar-refractivity contribution in [1.29, 1.82) is 5.26 Å². The van der Waals surface area contributed by atoms with Crippen molar-refractivity contribution in [2.24, 2.45) is 5.41 Å². The molecule has 0 fully saturated rings. The average molecular weight is 231 g/mol. The first-order valence-corrected chi connectivity index (χ1v) is 6.19. The van der Waals surface area contributed by atoms with Gasteiger partial charge in [-0.1, -0.05) is 0 Å². The van der Waals surface area contributed by atoms with Crippen LogP contribution in [0.15, 0.2) is 0 Å². The van der Waals surface area contributed by atoms with Crippen molar-refractivity contribution in [3.63, 3.8) is 0 Å². The SMILES string of the molecule is CC(C(=O)O)S(=O)CCCC(C)(C)C#N. The molecule has 1 N–H and O–H groups in total. The van der Waals surface area contributed by atoms with Crippen molar-refractivity contribution < 1.29 is 14.1 Å². The Morgan fingerprint density at radius 2 is 2.13 bits per heavy atom. The van der Waals surface area contributed by atoms with Crippen LogP contribution in [0.2, 0.25) is 0 Å². The Labute approximate surface area is 92.7 Å². The standard InChI is InChI=1S/C10H17NO3S/c1-8(9(12)13)15(14)6-4-5-10(2,3)7-11/h8H,4-6H2,1-3H3,(H,12,13). The van der Waals surface area contributed by atoms with Crippen molar-refractivity contribution >= 4 is 16.8 Å². The van der Waals surface area contributed by atoms with E-state index < -0.39 is 27.4 Å². The normalized spacial score (nSPS) is 15.3. The molecule has 0 aromatic rings. The van der Waals surface area contributed by atoms with Gasteiger partial charge in [-0.25, -0.2) is 0 Å². The predicted octanol–water partition coefficient (Wildman–Crippen LogP) is 1.54. The van der Waals surface area contributed by atoms with E-state index in [9.17, 15) is 9.00 Å². The molecule has 2 unspecified atom stereocenters. The molecule has 0 aliphatic rings. The van der Waals surface area contributed by atoms with E-state index in [4.69, 9.17) is 10.4 Å². The van der Waals surface area contributed by atoms with Gasteiger partial charge in [-0.15, -0.1) is 0 Å². The lowest BCUT2D eigenvalue weighted by molar-refractivity contribution is -0.136. The number of hydrogen-bond acceptors (Lipinski definition) is 3. The molecule has 0 aliphatic carbocycles. The van der Waals surface area contributed by atoms with Crippen LogP contribution < -0.4 is 0 Å². The first kappa shape index (κ1) is 14.1. The lowest BCUT2D eigenvalue weighted by atomic mass is 9.90. The Balaban J connectivity index is 3.94. The highest BCUT2D eigenvalue weighted by molar-refractivity contribution is 7.86. The summed E-state index contributed by atoms with van der Waals surface area (Å²) in [5, 5.41) is 16.5. The minimum absolute atomic E-state index is 0.346. The van der Waals surface area contributed by atoms with Gasteiger partial charge in [-0.2, -0.15) is 5.26 Å². The van der Waals surface area contributed by atoms with Crippen LogP contribution in [0.3, 0.4) is 0 Å². The highest BCUT2D eigenvalue weighted by Crippen LogP contribution is 2.20. The molecular weight excluding hydrogens is 214 g/mol. The first-order chi connectivity index (χ1) is 6.80. The van der Waals surface area contributed by atoms with Gasteiger partial charge in [-0.05, 0) is 33.6 Å². The van der Waals surface area contributed by atoms with E-state index in [1.807, 2.05) is 13.8 Å². The maximum atomic E-state index is 11.4. The molecule has 0 aromatic heterocycles. The molecular formula is C10H17NO3S. The molecule has 0 radical (unpaired) electrons. The van der Waals surface area contributed by atoms with E-state index in [0.29, 0.717) is 18.6 Å². The Morgan fingerprint density at radius 1 is 1.60 bits per heavy atom. The fraction of sp³-hybridized carbons (Fsp3) is 0.800. The van der Waals surface area contributed by atoms with Gasteiger partial charge in [0.25, 0.3) is 0 Å². The smallest absolute Gasteiger partial charge is 0.318 e. The molecule has 5 heteroatoms. The molecule has 4 nitrogen and oxygen atoms in total. The second-order valence-corrected chi connectivity index (χ2v) is 6.04. The van der Waals surface area contributed by atoms with E-state index >= 15 is 0 Å². The lowest BCUT2D eigenvalue weighted by Gasteiger charge is -2.14. The molecule has 2 atom stereocenters. The van der Waals surface area contributed by atoms with Crippen LogP contribution in [0.4, 0.5) is 0 Å². The summed E-state index contributed by atoms with van der Waals surface area (Å²) < 4.78 is 11.4. The van der Waals surface area contributed by atoms with Crippen molar-refractivity contribution in [1.82, 2.24) is 0 Å². The largest absolute Gasteiger partial charge is 0.480 e. The van der Waals surface area contributed by atoms with Crippen LogP contribution in [0, 0.1) is 16.7 Å². The third kappa shape index (κ3) is 5.53. The molecule has 0 saturated carbocycles. The molecule has 0 saturated heterocycles. The fourth-order valence-corrected chi connectivity index (χ4v) is 2.01. The lowest BCUT2D eigenvalue weighted by Crippen LogP contribution is -2.24. The molecule has 0 rings (SSSR count). The number of carboxylic acids is 1. The summed E-state index contributed by atoms with van der Waals surface area (Å²) in [5.74, 6) is -0.689. The van der Waals surface area contributed by atoms with Crippen molar-refractivity contribution in [2.75, 3.05) is 5.75 Å². The van der Waals surface area contributed by atoms with Gasteiger partial charge in [0.15, 0.2) is 0 Å². The summed E-state index contributed by atoms with van der Waals surface area (Å²) in [5.41, 5.74) is -0.420. The second-order valence-electron chi connectivity index (χ2n) is 4.16. The summed E-state index contributed by atoms with van der Waals surface area (Å²) in [6.45, 7) is 5.07. The van der Waals surface area contributed by atoms with Crippen LogP contribution in [-0.2, 0) is 15.6 Å². The number of carbonyl (C=O) groups is 1. The zero-order valence-corrected chi connectivity index (χ0v) is 10.1. The monoisotopic (exact) mass is 231 g/mol. The third-order valence-corrected chi connectivity index (χ3v) is 3.87. The zero-order chi connectivity index (χ0) is 12.1. The van der Waals surface area contributed by atoms with Gasteiger partial charge in [0, 0.05) is 16.6 Å². The number of aliphatic carboxylic acids is 1. The van der Waals surface area contributed by atoms with Gasteiger partial charge in [0.05, 0.1) is 11.5 Å².